The van der Waals surface area contributed by atoms with Crippen molar-refractivity contribution in [3.63, 3.8) is 0 Å². The highest BCUT2D eigenvalue weighted by Gasteiger charge is 2.16. The number of rotatable bonds is 5. The molecule has 0 radical (unpaired) electrons. The summed E-state index contributed by atoms with van der Waals surface area (Å²) in [6.07, 6.45) is 8.45. The summed E-state index contributed by atoms with van der Waals surface area (Å²) in [5, 5.41) is 7.19. The molecule has 7 heteroatoms. The zero-order valence-corrected chi connectivity index (χ0v) is 14.5. The molecule has 23 heavy (non-hydrogen) atoms. The molecule has 1 fully saturated rings. The lowest BCUT2D eigenvalue weighted by Gasteiger charge is -2.12. The highest BCUT2D eigenvalue weighted by atomic mass is 79.9. The number of hydrogen-bond acceptors (Lipinski definition) is 5. The quantitative estimate of drug-likeness (QED) is 0.865. The van der Waals surface area contributed by atoms with Crippen LogP contribution in [-0.4, -0.2) is 20.9 Å². The van der Waals surface area contributed by atoms with Gasteiger partial charge in [-0.2, -0.15) is 5.10 Å². The van der Waals surface area contributed by atoms with Crippen LogP contribution in [0.5, 0.6) is 5.88 Å². The van der Waals surface area contributed by atoms with E-state index in [1.165, 1.54) is 17.5 Å². The Morgan fingerprint density at radius 2 is 2.13 bits per heavy atom. The number of aryl methyl sites for hydroxylation is 1. The van der Waals surface area contributed by atoms with Crippen molar-refractivity contribution < 1.29 is 4.74 Å². The lowest BCUT2D eigenvalue weighted by Crippen LogP contribution is -2.21. The molecule has 2 heterocycles. The van der Waals surface area contributed by atoms with Gasteiger partial charge in [-0.1, -0.05) is 6.07 Å². The molecule has 0 bridgehead atoms. The predicted octanol–water partition coefficient (Wildman–Crippen LogP) is 2.87. The average Bonchev–Trinajstić information content (AvgIpc) is 3.06. The minimum absolute atomic E-state index is 0.173. The SMILES string of the molecule is Cn1ncc(NCc2ccc(OC3CCCC3)nc2)c(Br)c1=O. The van der Waals surface area contributed by atoms with E-state index in [1.807, 2.05) is 12.1 Å². The highest BCUT2D eigenvalue weighted by molar-refractivity contribution is 9.10. The van der Waals surface area contributed by atoms with Crippen molar-refractivity contribution in [2.24, 2.45) is 7.05 Å². The molecule has 0 aliphatic heterocycles. The molecule has 2 aromatic rings. The summed E-state index contributed by atoms with van der Waals surface area (Å²) in [6.45, 7) is 0.560. The van der Waals surface area contributed by atoms with Gasteiger partial charge in [-0.3, -0.25) is 4.79 Å². The number of pyridine rings is 1. The van der Waals surface area contributed by atoms with E-state index in [9.17, 15) is 4.79 Å². The van der Waals surface area contributed by atoms with E-state index < -0.39 is 0 Å². The van der Waals surface area contributed by atoms with Crippen LogP contribution in [0.3, 0.4) is 0 Å². The smallest absolute Gasteiger partial charge is 0.282 e. The summed E-state index contributed by atoms with van der Waals surface area (Å²) < 4.78 is 7.61. The maximum atomic E-state index is 11.8. The molecule has 3 rings (SSSR count). The van der Waals surface area contributed by atoms with Gasteiger partial charge in [-0.25, -0.2) is 9.67 Å². The van der Waals surface area contributed by atoms with Crippen molar-refractivity contribution in [3.8, 4) is 5.88 Å². The third kappa shape index (κ3) is 3.90. The molecular weight excluding hydrogens is 360 g/mol. The maximum Gasteiger partial charge on any atom is 0.282 e. The minimum Gasteiger partial charge on any atom is -0.474 e. The molecule has 1 N–H and O–H groups in total. The lowest BCUT2D eigenvalue weighted by atomic mass is 10.2. The first-order valence-corrected chi connectivity index (χ1v) is 8.50. The molecular formula is C16H19BrN4O2. The number of nitrogens with one attached hydrogen (secondary N) is 1. The molecule has 0 unspecified atom stereocenters. The average molecular weight is 379 g/mol. The number of anilines is 1. The Bertz CT molecular complexity index is 724. The molecule has 0 amide bonds. The number of aromatic nitrogens is 3. The van der Waals surface area contributed by atoms with E-state index in [-0.39, 0.29) is 5.56 Å². The first kappa shape index (κ1) is 16.0. The zero-order valence-electron chi connectivity index (χ0n) is 13.0. The fraction of sp³-hybridized carbons (Fsp3) is 0.438. The van der Waals surface area contributed by atoms with Crippen molar-refractivity contribution in [1.82, 2.24) is 14.8 Å². The summed E-state index contributed by atoms with van der Waals surface area (Å²) in [6, 6.07) is 3.87. The van der Waals surface area contributed by atoms with Gasteiger partial charge in [-0.15, -0.1) is 0 Å². The second kappa shape index (κ2) is 7.12. The Balaban J connectivity index is 1.60. The Labute approximate surface area is 143 Å². The van der Waals surface area contributed by atoms with Crippen molar-refractivity contribution in [3.05, 3.63) is 44.9 Å². The Kier molecular flexibility index (Phi) is 4.95. The van der Waals surface area contributed by atoms with E-state index in [1.54, 1.807) is 19.4 Å². The highest BCUT2D eigenvalue weighted by Crippen LogP contribution is 2.23. The standard InChI is InChI=1S/C16H19BrN4O2/c1-21-16(22)15(17)13(10-20-21)18-8-11-6-7-14(19-9-11)23-12-4-2-3-5-12/h6-7,9-10,12,18H,2-5,8H2,1H3. The topological polar surface area (TPSA) is 69.0 Å². The van der Waals surface area contributed by atoms with Crippen LogP contribution in [0.25, 0.3) is 0 Å². The van der Waals surface area contributed by atoms with E-state index in [4.69, 9.17) is 4.74 Å². The fourth-order valence-corrected chi connectivity index (χ4v) is 3.09. The summed E-state index contributed by atoms with van der Waals surface area (Å²) in [5.74, 6) is 0.678. The number of nitrogens with zero attached hydrogens (tertiary/aromatic N) is 3. The van der Waals surface area contributed by atoms with Crippen molar-refractivity contribution >= 4 is 21.6 Å². The second-order valence-electron chi connectivity index (χ2n) is 5.68. The molecule has 0 atom stereocenters. The van der Waals surface area contributed by atoms with Gasteiger partial charge in [0.15, 0.2) is 0 Å². The van der Waals surface area contributed by atoms with Gasteiger partial charge in [0.2, 0.25) is 5.88 Å². The summed E-state index contributed by atoms with van der Waals surface area (Å²) >= 11 is 3.29. The summed E-state index contributed by atoms with van der Waals surface area (Å²) in [4.78, 5) is 16.1. The first-order valence-electron chi connectivity index (χ1n) is 7.71. The van der Waals surface area contributed by atoms with E-state index in [0.29, 0.717) is 28.7 Å². The largest absolute Gasteiger partial charge is 0.474 e. The van der Waals surface area contributed by atoms with Gasteiger partial charge in [0, 0.05) is 25.9 Å². The maximum absolute atomic E-state index is 11.8. The first-order chi connectivity index (χ1) is 11.1. The predicted molar refractivity (Wildman–Crippen MR) is 91.6 cm³/mol. The monoisotopic (exact) mass is 378 g/mol. The van der Waals surface area contributed by atoms with E-state index >= 15 is 0 Å². The molecule has 2 aromatic heterocycles. The summed E-state index contributed by atoms with van der Waals surface area (Å²) in [7, 11) is 1.61. The Morgan fingerprint density at radius 1 is 1.35 bits per heavy atom. The van der Waals surface area contributed by atoms with Crippen LogP contribution in [0.1, 0.15) is 31.2 Å². The van der Waals surface area contributed by atoms with Crippen LogP contribution in [0, 0.1) is 0 Å². The number of halogens is 1. The van der Waals surface area contributed by atoms with Gasteiger partial charge in [0.1, 0.15) is 10.6 Å². The van der Waals surface area contributed by atoms with Crippen LogP contribution in [0.4, 0.5) is 5.69 Å². The number of ether oxygens (including phenoxy) is 1. The van der Waals surface area contributed by atoms with Crippen molar-refractivity contribution in [1.29, 1.82) is 0 Å². The van der Waals surface area contributed by atoms with Crippen molar-refractivity contribution in [2.75, 3.05) is 5.32 Å². The zero-order chi connectivity index (χ0) is 16.2. The van der Waals surface area contributed by atoms with Crippen LogP contribution in [0.2, 0.25) is 0 Å². The number of hydrogen-bond donors (Lipinski definition) is 1. The third-order valence-corrected chi connectivity index (χ3v) is 4.71. The molecule has 0 saturated heterocycles. The Morgan fingerprint density at radius 3 is 2.83 bits per heavy atom. The molecule has 122 valence electrons. The molecule has 1 aliphatic carbocycles. The van der Waals surface area contributed by atoms with Crippen LogP contribution >= 0.6 is 15.9 Å². The van der Waals surface area contributed by atoms with Crippen molar-refractivity contribution in [2.45, 2.75) is 38.3 Å². The molecule has 1 saturated carbocycles. The normalized spacial score (nSPS) is 14.9. The molecule has 6 nitrogen and oxygen atoms in total. The van der Waals surface area contributed by atoms with Gasteiger partial charge in [-0.05, 0) is 47.2 Å². The van der Waals surface area contributed by atoms with Gasteiger partial charge < -0.3 is 10.1 Å². The summed E-state index contributed by atoms with van der Waals surface area (Å²) in [5.41, 5.74) is 1.50. The fourth-order valence-electron chi connectivity index (χ4n) is 2.59. The Hall–Kier alpha value is -1.89. The van der Waals surface area contributed by atoms with Crippen LogP contribution in [0.15, 0.2) is 33.8 Å². The van der Waals surface area contributed by atoms with Gasteiger partial charge >= 0.3 is 0 Å². The lowest BCUT2D eigenvalue weighted by molar-refractivity contribution is 0.201. The minimum atomic E-state index is -0.173. The second-order valence-corrected chi connectivity index (χ2v) is 6.48. The van der Waals surface area contributed by atoms with E-state index in [0.717, 1.165) is 18.4 Å². The van der Waals surface area contributed by atoms with Crippen LogP contribution in [-0.2, 0) is 13.6 Å². The third-order valence-electron chi connectivity index (χ3n) is 3.95. The van der Waals surface area contributed by atoms with Gasteiger partial charge in [0.25, 0.3) is 5.56 Å². The molecule has 0 spiro atoms. The van der Waals surface area contributed by atoms with Gasteiger partial charge in [0.05, 0.1) is 11.9 Å². The van der Waals surface area contributed by atoms with E-state index in [2.05, 4.69) is 31.3 Å². The molecule has 1 aliphatic rings. The van der Waals surface area contributed by atoms with Crippen LogP contribution < -0.4 is 15.6 Å². The molecule has 0 aromatic carbocycles.